The molecule has 1 saturated heterocycles. The van der Waals surface area contributed by atoms with Gasteiger partial charge in [0.15, 0.2) is 11.5 Å². The summed E-state index contributed by atoms with van der Waals surface area (Å²) in [4.78, 5) is 6.56. The summed E-state index contributed by atoms with van der Waals surface area (Å²) in [6.07, 6.45) is 6.13. The number of benzene rings is 1. The Labute approximate surface area is 144 Å². The lowest BCUT2D eigenvalue weighted by Gasteiger charge is -2.30. The van der Waals surface area contributed by atoms with E-state index in [1.165, 1.54) is 18.4 Å². The highest BCUT2D eigenvalue weighted by Gasteiger charge is 2.19. The molecule has 2 aromatic rings. The Kier molecular flexibility index (Phi) is 5.70. The third-order valence-electron chi connectivity index (χ3n) is 4.68. The van der Waals surface area contributed by atoms with Crippen LogP contribution in [0.25, 0.3) is 0 Å². The molecule has 2 heterocycles. The Morgan fingerprint density at radius 3 is 2.58 bits per heavy atom. The molecule has 0 radical (unpaired) electrons. The molecule has 0 spiro atoms. The van der Waals surface area contributed by atoms with Crippen LogP contribution in [0.3, 0.4) is 0 Å². The van der Waals surface area contributed by atoms with Crippen LogP contribution in [0.15, 0.2) is 42.7 Å². The number of methoxy groups -OCH3 is 1. The minimum absolute atomic E-state index is 0.521. The van der Waals surface area contributed by atoms with Gasteiger partial charge in [-0.15, -0.1) is 0 Å². The molecule has 0 aliphatic carbocycles. The molecule has 0 N–H and O–H groups in total. The Hall–Kier alpha value is -2.07. The fraction of sp³-hybridized carbons (Fsp3) is 0.450. The lowest BCUT2D eigenvalue weighted by atomic mass is 9.99. The Morgan fingerprint density at radius 2 is 1.88 bits per heavy atom. The first-order chi connectivity index (χ1) is 11.8. The molecule has 4 nitrogen and oxygen atoms in total. The van der Waals surface area contributed by atoms with Crippen molar-refractivity contribution in [2.24, 2.45) is 5.92 Å². The van der Waals surface area contributed by atoms with E-state index >= 15 is 0 Å². The van der Waals surface area contributed by atoms with Crippen molar-refractivity contribution in [1.82, 2.24) is 9.88 Å². The molecule has 1 fully saturated rings. The van der Waals surface area contributed by atoms with E-state index in [1.54, 1.807) is 19.5 Å². The zero-order valence-corrected chi connectivity index (χ0v) is 14.6. The molecule has 0 atom stereocenters. The standard InChI is InChI=1S/C20H26N2O2/c1-16-8-12-22(13-9-16)14-18-4-3-5-19(23-2)20(18)24-15-17-6-10-21-11-7-17/h3-7,10-11,16H,8-9,12-15H2,1-2H3. The summed E-state index contributed by atoms with van der Waals surface area (Å²) < 4.78 is 11.7. The van der Waals surface area contributed by atoms with Crippen molar-refractivity contribution < 1.29 is 9.47 Å². The molecule has 0 unspecified atom stereocenters. The smallest absolute Gasteiger partial charge is 0.166 e. The van der Waals surface area contributed by atoms with Crippen molar-refractivity contribution in [2.45, 2.75) is 32.9 Å². The van der Waals surface area contributed by atoms with E-state index in [0.717, 1.165) is 42.6 Å². The quantitative estimate of drug-likeness (QED) is 0.806. The number of aromatic nitrogens is 1. The van der Waals surface area contributed by atoms with E-state index in [2.05, 4.69) is 22.9 Å². The molecule has 1 aliphatic rings. The van der Waals surface area contributed by atoms with Crippen molar-refractivity contribution in [1.29, 1.82) is 0 Å². The van der Waals surface area contributed by atoms with Crippen molar-refractivity contribution >= 4 is 0 Å². The fourth-order valence-electron chi connectivity index (χ4n) is 3.11. The number of hydrogen-bond donors (Lipinski definition) is 0. The second kappa shape index (κ2) is 8.15. The Bertz CT molecular complexity index is 637. The summed E-state index contributed by atoms with van der Waals surface area (Å²) in [7, 11) is 1.70. The van der Waals surface area contributed by atoms with Crippen LogP contribution in [0.1, 0.15) is 30.9 Å². The number of para-hydroxylation sites is 1. The van der Waals surface area contributed by atoms with Crippen LogP contribution < -0.4 is 9.47 Å². The van der Waals surface area contributed by atoms with Crippen LogP contribution in [-0.4, -0.2) is 30.1 Å². The highest BCUT2D eigenvalue weighted by atomic mass is 16.5. The SMILES string of the molecule is COc1cccc(CN2CCC(C)CC2)c1OCc1ccncc1. The third-order valence-corrected chi connectivity index (χ3v) is 4.68. The van der Waals surface area contributed by atoms with Gasteiger partial charge in [-0.3, -0.25) is 9.88 Å². The molecule has 0 bridgehead atoms. The third kappa shape index (κ3) is 4.26. The summed E-state index contributed by atoms with van der Waals surface area (Å²) in [5, 5.41) is 0. The van der Waals surface area contributed by atoms with Crippen LogP contribution in [0.2, 0.25) is 0 Å². The summed E-state index contributed by atoms with van der Waals surface area (Å²) in [5.74, 6) is 2.50. The van der Waals surface area contributed by atoms with Crippen molar-refractivity contribution in [3.8, 4) is 11.5 Å². The van der Waals surface area contributed by atoms with Gasteiger partial charge in [0.1, 0.15) is 6.61 Å². The van der Waals surface area contributed by atoms with Gasteiger partial charge in [0.25, 0.3) is 0 Å². The van der Waals surface area contributed by atoms with Crippen molar-refractivity contribution in [3.05, 3.63) is 53.9 Å². The number of pyridine rings is 1. The van der Waals surface area contributed by atoms with Gasteiger partial charge in [-0.2, -0.15) is 0 Å². The number of nitrogens with zero attached hydrogens (tertiary/aromatic N) is 2. The van der Waals surface area contributed by atoms with Gasteiger partial charge < -0.3 is 9.47 Å². The van der Waals surface area contributed by atoms with Gasteiger partial charge in [-0.1, -0.05) is 19.1 Å². The van der Waals surface area contributed by atoms with Crippen LogP contribution in [0.5, 0.6) is 11.5 Å². The Balaban J connectivity index is 1.73. The second-order valence-electron chi connectivity index (χ2n) is 6.55. The minimum atomic E-state index is 0.521. The van der Waals surface area contributed by atoms with Crippen LogP contribution in [-0.2, 0) is 13.2 Å². The van der Waals surface area contributed by atoms with Gasteiger partial charge in [0, 0.05) is 24.5 Å². The normalized spacial score (nSPS) is 16.1. The molecule has 3 rings (SSSR count). The first-order valence-corrected chi connectivity index (χ1v) is 8.66. The molecule has 1 aromatic heterocycles. The molecule has 1 aromatic carbocycles. The van der Waals surface area contributed by atoms with Gasteiger partial charge in [-0.25, -0.2) is 0 Å². The lowest BCUT2D eigenvalue weighted by molar-refractivity contribution is 0.181. The number of ether oxygens (including phenoxy) is 2. The van der Waals surface area contributed by atoms with Gasteiger partial charge in [0.05, 0.1) is 7.11 Å². The second-order valence-corrected chi connectivity index (χ2v) is 6.55. The van der Waals surface area contributed by atoms with E-state index < -0.39 is 0 Å². The highest BCUT2D eigenvalue weighted by Crippen LogP contribution is 2.33. The summed E-state index contributed by atoms with van der Waals surface area (Å²) >= 11 is 0. The fourth-order valence-corrected chi connectivity index (χ4v) is 3.11. The Morgan fingerprint density at radius 1 is 1.12 bits per heavy atom. The predicted molar refractivity (Wildman–Crippen MR) is 95.2 cm³/mol. The number of likely N-dealkylation sites (tertiary alicyclic amines) is 1. The average molecular weight is 326 g/mol. The number of rotatable bonds is 6. The first kappa shape index (κ1) is 16.8. The zero-order valence-electron chi connectivity index (χ0n) is 14.6. The summed E-state index contributed by atoms with van der Waals surface area (Å²) in [6, 6.07) is 10.1. The maximum atomic E-state index is 6.13. The number of hydrogen-bond acceptors (Lipinski definition) is 4. The topological polar surface area (TPSA) is 34.6 Å². The predicted octanol–water partition coefficient (Wildman–Crippen LogP) is 3.90. The lowest BCUT2D eigenvalue weighted by Crippen LogP contribution is -2.32. The largest absolute Gasteiger partial charge is 0.493 e. The first-order valence-electron chi connectivity index (χ1n) is 8.66. The van der Waals surface area contributed by atoms with Gasteiger partial charge in [-0.05, 0) is 55.6 Å². The molecule has 128 valence electrons. The van der Waals surface area contributed by atoms with E-state index in [1.807, 2.05) is 24.3 Å². The van der Waals surface area contributed by atoms with Crippen LogP contribution in [0, 0.1) is 5.92 Å². The van der Waals surface area contributed by atoms with Crippen molar-refractivity contribution in [3.63, 3.8) is 0 Å². The van der Waals surface area contributed by atoms with Crippen LogP contribution >= 0.6 is 0 Å². The summed E-state index contributed by atoms with van der Waals surface area (Å²) in [5.41, 5.74) is 2.30. The van der Waals surface area contributed by atoms with Gasteiger partial charge in [0.2, 0.25) is 0 Å². The molecular formula is C20H26N2O2. The zero-order chi connectivity index (χ0) is 16.8. The van der Waals surface area contributed by atoms with Crippen LogP contribution in [0.4, 0.5) is 0 Å². The van der Waals surface area contributed by atoms with E-state index in [-0.39, 0.29) is 0 Å². The maximum absolute atomic E-state index is 6.13. The van der Waals surface area contributed by atoms with E-state index in [9.17, 15) is 0 Å². The van der Waals surface area contributed by atoms with Gasteiger partial charge >= 0.3 is 0 Å². The average Bonchev–Trinajstić information content (AvgIpc) is 2.63. The monoisotopic (exact) mass is 326 g/mol. The van der Waals surface area contributed by atoms with Crippen molar-refractivity contribution in [2.75, 3.05) is 20.2 Å². The molecule has 0 amide bonds. The summed E-state index contributed by atoms with van der Waals surface area (Å²) in [6.45, 7) is 6.08. The molecule has 0 saturated carbocycles. The minimum Gasteiger partial charge on any atom is -0.493 e. The molecule has 24 heavy (non-hydrogen) atoms. The van der Waals surface area contributed by atoms with E-state index in [4.69, 9.17) is 9.47 Å². The van der Waals surface area contributed by atoms with E-state index in [0.29, 0.717) is 6.61 Å². The highest BCUT2D eigenvalue weighted by molar-refractivity contribution is 5.46. The molecule has 1 aliphatic heterocycles. The number of piperidine rings is 1. The maximum Gasteiger partial charge on any atom is 0.166 e. The molecule has 4 heteroatoms. The molecular weight excluding hydrogens is 300 g/mol.